The lowest BCUT2D eigenvalue weighted by molar-refractivity contribution is 0.0600. The van der Waals surface area contributed by atoms with Gasteiger partial charge in [0.25, 0.3) is 0 Å². The van der Waals surface area contributed by atoms with Crippen LogP contribution in [0.3, 0.4) is 0 Å². The van der Waals surface area contributed by atoms with Gasteiger partial charge in [-0.2, -0.15) is 0 Å². The van der Waals surface area contributed by atoms with E-state index in [0.29, 0.717) is 4.47 Å². The first kappa shape index (κ1) is 13.5. The molecule has 0 saturated carbocycles. The van der Waals surface area contributed by atoms with Crippen molar-refractivity contribution in [3.8, 4) is 11.6 Å². The van der Waals surface area contributed by atoms with Crippen molar-refractivity contribution in [2.75, 3.05) is 7.11 Å². The molecule has 1 aromatic heterocycles. The first-order chi connectivity index (χ1) is 9.10. The smallest absolute Gasteiger partial charge is 0.338 e. The number of ether oxygens (including phenoxy) is 2. The number of pyridine rings is 1. The highest BCUT2D eigenvalue weighted by atomic mass is 79.9. The molecule has 1 aromatic carbocycles. The summed E-state index contributed by atoms with van der Waals surface area (Å²) in [5.41, 5.74) is 0.282. The Morgan fingerprint density at radius 3 is 2.79 bits per heavy atom. The van der Waals surface area contributed by atoms with Gasteiger partial charge in [0.05, 0.1) is 12.7 Å². The van der Waals surface area contributed by atoms with Crippen LogP contribution in [0.5, 0.6) is 11.6 Å². The number of hydrogen-bond donors (Lipinski definition) is 0. The van der Waals surface area contributed by atoms with Gasteiger partial charge in [-0.1, -0.05) is 15.9 Å². The van der Waals surface area contributed by atoms with Gasteiger partial charge in [-0.25, -0.2) is 14.2 Å². The van der Waals surface area contributed by atoms with Crippen LogP contribution in [-0.4, -0.2) is 18.1 Å². The van der Waals surface area contributed by atoms with Gasteiger partial charge in [-0.3, -0.25) is 0 Å². The Hall–Kier alpha value is -1.95. The van der Waals surface area contributed by atoms with Crippen molar-refractivity contribution in [2.24, 2.45) is 0 Å². The summed E-state index contributed by atoms with van der Waals surface area (Å²) in [6.07, 6.45) is 1.39. The zero-order valence-electron chi connectivity index (χ0n) is 9.89. The summed E-state index contributed by atoms with van der Waals surface area (Å²) in [5, 5.41) is 0. The van der Waals surface area contributed by atoms with E-state index < -0.39 is 11.8 Å². The molecule has 0 N–H and O–H groups in total. The van der Waals surface area contributed by atoms with Crippen LogP contribution in [0.2, 0.25) is 0 Å². The number of esters is 1. The highest BCUT2D eigenvalue weighted by Gasteiger charge is 2.10. The standard InChI is InChI=1S/C13H9BrFNO3/c1-18-13(17)8-4-5-16-12(6-8)19-11-3-2-9(14)7-10(11)15/h2-7H,1H3. The normalized spacial score (nSPS) is 10.1. The van der Waals surface area contributed by atoms with Crippen molar-refractivity contribution >= 4 is 21.9 Å². The fourth-order valence-electron chi connectivity index (χ4n) is 1.38. The molecule has 0 aliphatic carbocycles. The Bertz CT molecular complexity index is 619. The van der Waals surface area contributed by atoms with Crippen molar-refractivity contribution in [2.45, 2.75) is 0 Å². The molecule has 0 fully saturated rings. The Labute approximate surface area is 117 Å². The zero-order chi connectivity index (χ0) is 13.8. The molecule has 19 heavy (non-hydrogen) atoms. The predicted molar refractivity (Wildman–Crippen MR) is 69.8 cm³/mol. The molecular formula is C13H9BrFNO3. The number of carbonyl (C=O) groups excluding carboxylic acids is 1. The average molecular weight is 326 g/mol. The van der Waals surface area contributed by atoms with E-state index in [1.807, 2.05) is 0 Å². The molecule has 0 saturated heterocycles. The molecule has 2 aromatic rings. The summed E-state index contributed by atoms with van der Waals surface area (Å²) in [7, 11) is 1.28. The van der Waals surface area contributed by atoms with Crippen LogP contribution in [-0.2, 0) is 4.74 Å². The summed E-state index contributed by atoms with van der Waals surface area (Å²) in [6.45, 7) is 0. The fourth-order valence-corrected chi connectivity index (χ4v) is 1.71. The number of methoxy groups -OCH3 is 1. The predicted octanol–water partition coefficient (Wildman–Crippen LogP) is 3.56. The summed E-state index contributed by atoms with van der Waals surface area (Å²) in [4.78, 5) is 15.3. The van der Waals surface area contributed by atoms with Crippen LogP contribution in [0.1, 0.15) is 10.4 Å². The number of halogens is 2. The lowest BCUT2D eigenvalue weighted by atomic mass is 10.3. The fraction of sp³-hybridized carbons (Fsp3) is 0.0769. The van der Waals surface area contributed by atoms with E-state index in [1.165, 1.54) is 37.6 Å². The molecule has 4 nitrogen and oxygen atoms in total. The SMILES string of the molecule is COC(=O)c1ccnc(Oc2ccc(Br)cc2F)c1. The van der Waals surface area contributed by atoms with E-state index >= 15 is 0 Å². The van der Waals surface area contributed by atoms with Crippen molar-refractivity contribution in [3.05, 3.63) is 52.4 Å². The Balaban J connectivity index is 2.26. The molecule has 0 atom stereocenters. The molecule has 0 bridgehead atoms. The largest absolute Gasteiger partial charge is 0.465 e. The molecule has 98 valence electrons. The van der Waals surface area contributed by atoms with Crippen LogP contribution >= 0.6 is 15.9 Å². The van der Waals surface area contributed by atoms with Crippen LogP contribution in [0.15, 0.2) is 41.0 Å². The van der Waals surface area contributed by atoms with Gasteiger partial charge in [-0.15, -0.1) is 0 Å². The molecule has 0 aliphatic rings. The first-order valence-electron chi connectivity index (χ1n) is 5.27. The van der Waals surface area contributed by atoms with Crippen molar-refractivity contribution in [1.82, 2.24) is 4.98 Å². The van der Waals surface area contributed by atoms with Gasteiger partial charge in [0.15, 0.2) is 11.6 Å². The van der Waals surface area contributed by atoms with E-state index in [2.05, 4.69) is 25.7 Å². The minimum atomic E-state index is -0.528. The van der Waals surface area contributed by atoms with E-state index in [-0.39, 0.29) is 17.2 Å². The molecule has 0 unspecified atom stereocenters. The third-order valence-corrected chi connectivity index (χ3v) is 2.76. The van der Waals surface area contributed by atoms with Gasteiger partial charge in [0.1, 0.15) is 0 Å². The average Bonchev–Trinajstić information content (AvgIpc) is 2.41. The number of nitrogens with zero attached hydrogens (tertiary/aromatic N) is 1. The Kier molecular flexibility index (Phi) is 4.11. The summed E-state index contributed by atoms with van der Waals surface area (Å²) < 4.78 is 24.1. The third kappa shape index (κ3) is 3.29. The minimum Gasteiger partial charge on any atom is -0.465 e. The Morgan fingerprint density at radius 2 is 2.11 bits per heavy atom. The molecule has 0 aliphatic heterocycles. The van der Waals surface area contributed by atoms with Crippen LogP contribution < -0.4 is 4.74 Å². The Morgan fingerprint density at radius 1 is 1.32 bits per heavy atom. The third-order valence-electron chi connectivity index (χ3n) is 2.26. The minimum absolute atomic E-state index is 0.0257. The van der Waals surface area contributed by atoms with E-state index in [4.69, 9.17) is 4.74 Å². The van der Waals surface area contributed by atoms with Gasteiger partial charge in [0.2, 0.25) is 5.88 Å². The molecular weight excluding hydrogens is 317 g/mol. The monoisotopic (exact) mass is 325 g/mol. The molecule has 0 radical (unpaired) electrons. The zero-order valence-corrected chi connectivity index (χ0v) is 11.5. The van der Waals surface area contributed by atoms with Gasteiger partial charge in [0, 0.05) is 16.7 Å². The van der Waals surface area contributed by atoms with Gasteiger partial charge in [-0.05, 0) is 24.3 Å². The van der Waals surface area contributed by atoms with Crippen LogP contribution in [0, 0.1) is 5.82 Å². The molecule has 6 heteroatoms. The van der Waals surface area contributed by atoms with Gasteiger partial charge >= 0.3 is 5.97 Å². The maximum atomic E-state index is 13.6. The summed E-state index contributed by atoms with van der Waals surface area (Å²) in [5.74, 6) is -0.898. The topological polar surface area (TPSA) is 48.4 Å². The van der Waals surface area contributed by atoms with Crippen molar-refractivity contribution in [1.29, 1.82) is 0 Å². The number of aromatic nitrogens is 1. The summed E-state index contributed by atoms with van der Waals surface area (Å²) >= 11 is 3.15. The number of carbonyl (C=O) groups is 1. The highest BCUT2D eigenvalue weighted by molar-refractivity contribution is 9.10. The van der Waals surface area contributed by atoms with Crippen LogP contribution in [0.4, 0.5) is 4.39 Å². The first-order valence-corrected chi connectivity index (χ1v) is 6.06. The van der Waals surface area contributed by atoms with Crippen molar-refractivity contribution < 1.29 is 18.7 Å². The van der Waals surface area contributed by atoms with E-state index in [9.17, 15) is 9.18 Å². The maximum absolute atomic E-state index is 13.6. The van der Waals surface area contributed by atoms with Crippen molar-refractivity contribution in [3.63, 3.8) is 0 Å². The highest BCUT2D eigenvalue weighted by Crippen LogP contribution is 2.26. The molecule has 1 heterocycles. The lowest BCUT2D eigenvalue weighted by Gasteiger charge is -2.07. The number of hydrogen-bond acceptors (Lipinski definition) is 4. The second kappa shape index (κ2) is 5.79. The maximum Gasteiger partial charge on any atom is 0.338 e. The van der Waals surface area contributed by atoms with E-state index in [0.717, 1.165) is 0 Å². The number of benzene rings is 1. The molecule has 2 rings (SSSR count). The van der Waals surface area contributed by atoms with Gasteiger partial charge < -0.3 is 9.47 Å². The molecule has 0 spiro atoms. The van der Waals surface area contributed by atoms with Crippen LogP contribution in [0.25, 0.3) is 0 Å². The number of rotatable bonds is 3. The summed E-state index contributed by atoms with van der Waals surface area (Å²) in [6, 6.07) is 7.25. The second-order valence-corrected chi connectivity index (χ2v) is 4.47. The quantitative estimate of drug-likeness (QED) is 0.809. The molecule has 0 amide bonds. The second-order valence-electron chi connectivity index (χ2n) is 3.55. The lowest BCUT2D eigenvalue weighted by Crippen LogP contribution is -2.02. The van der Waals surface area contributed by atoms with E-state index in [1.54, 1.807) is 6.07 Å².